The molecule has 1 fully saturated rings. The van der Waals surface area contributed by atoms with Gasteiger partial charge in [0.25, 0.3) is 0 Å². The summed E-state index contributed by atoms with van der Waals surface area (Å²) in [7, 11) is 0. The lowest BCUT2D eigenvalue weighted by Gasteiger charge is -2.18. The molecule has 1 atom stereocenters. The molecular formula is C14H19ClFN. The van der Waals surface area contributed by atoms with Gasteiger partial charge in [0, 0.05) is 11.1 Å². The number of rotatable bonds is 6. The van der Waals surface area contributed by atoms with Gasteiger partial charge in [0.05, 0.1) is 0 Å². The molecule has 1 aliphatic carbocycles. The van der Waals surface area contributed by atoms with Crippen LogP contribution in [0.25, 0.3) is 0 Å². The largest absolute Gasteiger partial charge is 0.314 e. The summed E-state index contributed by atoms with van der Waals surface area (Å²) in [6, 6.07) is 5.36. The van der Waals surface area contributed by atoms with E-state index in [1.54, 1.807) is 12.1 Å². The fraction of sp³-hybridized carbons (Fsp3) is 0.571. The minimum Gasteiger partial charge on any atom is -0.314 e. The third-order valence-corrected chi connectivity index (χ3v) is 3.52. The van der Waals surface area contributed by atoms with Crippen molar-refractivity contribution in [1.29, 1.82) is 0 Å². The van der Waals surface area contributed by atoms with Crippen LogP contribution in [0.4, 0.5) is 4.39 Å². The highest BCUT2D eigenvalue weighted by Gasteiger charge is 2.25. The van der Waals surface area contributed by atoms with Crippen LogP contribution in [0.5, 0.6) is 0 Å². The molecule has 1 unspecified atom stereocenters. The summed E-state index contributed by atoms with van der Waals surface area (Å²) in [6.07, 6.45) is 4.60. The van der Waals surface area contributed by atoms with Crippen LogP contribution in [-0.4, -0.2) is 12.6 Å². The first kappa shape index (κ1) is 12.8. The molecule has 0 spiro atoms. The lowest BCUT2D eigenvalue weighted by molar-refractivity contribution is 0.457. The summed E-state index contributed by atoms with van der Waals surface area (Å²) in [5, 5.41) is 3.91. The van der Waals surface area contributed by atoms with E-state index in [4.69, 9.17) is 11.6 Å². The highest BCUT2D eigenvalue weighted by molar-refractivity contribution is 6.30. The third-order valence-electron chi connectivity index (χ3n) is 3.29. The predicted octanol–water partition coefficient (Wildman–Crippen LogP) is 3.80. The summed E-state index contributed by atoms with van der Waals surface area (Å²) in [6.45, 7) is 3.03. The normalized spacial score (nSPS) is 17.1. The topological polar surface area (TPSA) is 12.0 Å². The van der Waals surface area contributed by atoms with Gasteiger partial charge < -0.3 is 5.32 Å². The van der Waals surface area contributed by atoms with Gasteiger partial charge >= 0.3 is 0 Å². The Kier molecular flexibility index (Phi) is 4.41. The molecule has 1 aromatic carbocycles. The van der Waals surface area contributed by atoms with E-state index in [-0.39, 0.29) is 5.82 Å². The second-order valence-electron chi connectivity index (χ2n) is 4.87. The van der Waals surface area contributed by atoms with Gasteiger partial charge in [-0.1, -0.05) is 37.4 Å². The van der Waals surface area contributed by atoms with Crippen molar-refractivity contribution in [3.63, 3.8) is 0 Å². The molecule has 0 aromatic heterocycles. The minimum absolute atomic E-state index is 0.184. The second kappa shape index (κ2) is 5.83. The fourth-order valence-corrected chi connectivity index (χ4v) is 2.39. The highest BCUT2D eigenvalue weighted by Crippen LogP contribution is 2.34. The van der Waals surface area contributed by atoms with Gasteiger partial charge in [0.2, 0.25) is 0 Å². The molecule has 3 heteroatoms. The van der Waals surface area contributed by atoms with Crippen molar-refractivity contribution in [1.82, 2.24) is 5.32 Å². The first-order valence-corrected chi connectivity index (χ1v) is 6.74. The number of benzene rings is 1. The second-order valence-corrected chi connectivity index (χ2v) is 5.31. The van der Waals surface area contributed by atoms with Crippen LogP contribution in [0.2, 0.25) is 5.02 Å². The van der Waals surface area contributed by atoms with E-state index in [0.717, 1.165) is 30.9 Å². The SMILES string of the molecule is CCNC(Cc1ccc(Cl)cc1F)CC1CC1. The van der Waals surface area contributed by atoms with Gasteiger partial charge in [-0.25, -0.2) is 4.39 Å². The maximum atomic E-state index is 13.7. The van der Waals surface area contributed by atoms with Crippen molar-refractivity contribution in [2.45, 2.75) is 38.6 Å². The van der Waals surface area contributed by atoms with E-state index < -0.39 is 0 Å². The molecule has 1 nitrogen and oxygen atoms in total. The average Bonchev–Trinajstić information content (AvgIpc) is 3.06. The monoisotopic (exact) mass is 255 g/mol. The molecule has 0 radical (unpaired) electrons. The molecule has 1 saturated carbocycles. The van der Waals surface area contributed by atoms with Gasteiger partial charge in [-0.3, -0.25) is 0 Å². The maximum Gasteiger partial charge on any atom is 0.127 e. The number of hydrogen-bond donors (Lipinski definition) is 1. The van der Waals surface area contributed by atoms with Crippen molar-refractivity contribution in [3.05, 3.63) is 34.6 Å². The quantitative estimate of drug-likeness (QED) is 0.815. The van der Waals surface area contributed by atoms with Gasteiger partial charge in [-0.05, 0) is 43.0 Å². The molecular weight excluding hydrogens is 237 g/mol. The van der Waals surface area contributed by atoms with E-state index in [9.17, 15) is 4.39 Å². The summed E-state index contributed by atoms with van der Waals surface area (Å²) in [5.74, 6) is 0.672. The summed E-state index contributed by atoms with van der Waals surface area (Å²) in [5.41, 5.74) is 0.765. The summed E-state index contributed by atoms with van der Waals surface area (Å²) < 4.78 is 13.7. The van der Waals surface area contributed by atoms with Gasteiger partial charge in [0.15, 0.2) is 0 Å². The van der Waals surface area contributed by atoms with Crippen molar-refractivity contribution >= 4 is 11.6 Å². The standard InChI is InChI=1S/C14H19ClFN/c1-2-17-13(7-10-3-4-10)8-11-5-6-12(15)9-14(11)16/h5-6,9-10,13,17H,2-4,7-8H2,1H3. The Morgan fingerprint density at radius 3 is 2.82 bits per heavy atom. The number of nitrogens with one attached hydrogen (secondary N) is 1. The van der Waals surface area contributed by atoms with Gasteiger partial charge in [0.1, 0.15) is 5.82 Å². The zero-order chi connectivity index (χ0) is 12.3. The van der Waals surface area contributed by atoms with Crippen molar-refractivity contribution in [2.24, 2.45) is 5.92 Å². The van der Waals surface area contributed by atoms with Crippen LogP contribution >= 0.6 is 11.6 Å². The first-order chi connectivity index (χ1) is 8.19. The van der Waals surface area contributed by atoms with E-state index in [1.807, 2.05) is 0 Å². The molecule has 94 valence electrons. The minimum atomic E-state index is -0.184. The Labute approximate surface area is 107 Å². The molecule has 0 heterocycles. The van der Waals surface area contributed by atoms with Crippen LogP contribution < -0.4 is 5.32 Å². The molecule has 0 amide bonds. The zero-order valence-electron chi connectivity index (χ0n) is 10.2. The molecule has 1 aromatic rings. The molecule has 0 saturated heterocycles. The molecule has 1 aliphatic rings. The maximum absolute atomic E-state index is 13.7. The Bertz CT molecular complexity index is 376. The van der Waals surface area contributed by atoms with Gasteiger partial charge in [-0.15, -0.1) is 0 Å². The van der Waals surface area contributed by atoms with E-state index >= 15 is 0 Å². The highest BCUT2D eigenvalue weighted by atomic mass is 35.5. The molecule has 2 rings (SSSR count). The Hall–Kier alpha value is -0.600. The Morgan fingerprint density at radius 2 is 2.24 bits per heavy atom. The zero-order valence-corrected chi connectivity index (χ0v) is 10.9. The van der Waals surface area contributed by atoms with E-state index in [1.165, 1.54) is 18.9 Å². The first-order valence-electron chi connectivity index (χ1n) is 6.36. The average molecular weight is 256 g/mol. The van der Waals surface area contributed by atoms with Crippen molar-refractivity contribution in [2.75, 3.05) is 6.54 Å². The van der Waals surface area contributed by atoms with Crippen molar-refractivity contribution < 1.29 is 4.39 Å². The van der Waals surface area contributed by atoms with Crippen LogP contribution in [0, 0.1) is 11.7 Å². The van der Waals surface area contributed by atoms with Crippen LogP contribution in [0.1, 0.15) is 31.7 Å². The molecule has 0 bridgehead atoms. The molecule has 17 heavy (non-hydrogen) atoms. The number of likely N-dealkylation sites (N-methyl/N-ethyl adjacent to an activating group) is 1. The lowest BCUT2D eigenvalue weighted by atomic mass is 10.0. The van der Waals surface area contributed by atoms with Crippen LogP contribution in [-0.2, 0) is 6.42 Å². The smallest absolute Gasteiger partial charge is 0.127 e. The number of halogens is 2. The lowest BCUT2D eigenvalue weighted by Crippen LogP contribution is -2.31. The van der Waals surface area contributed by atoms with Crippen LogP contribution in [0.3, 0.4) is 0 Å². The third kappa shape index (κ3) is 3.97. The molecule has 0 aliphatic heterocycles. The Morgan fingerprint density at radius 1 is 1.47 bits per heavy atom. The predicted molar refractivity (Wildman–Crippen MR) is 69.9 cm³/mol. The van der Waals surface area contributed by atoms with E-state index in [2.05, 4.69) is 12.2 Å². The summed E-state index contributed by atoms with van der Waals surface area (Å²) in [4.78, 5) is 0. The summed E-state index contributed by atoms with van der Waals surface area (Å²) >= 11 is 5.75. The van der Waals surface area contributed by atoms with E-state index in [0.29, 0.717) is 11.1 Å². The Balaban J connectivity index is 1.99. The molecule has 1 N–H and O–H groups in total. The number of hydrogen-bond acceptors (Lipinski definition) is 1. The fourth-order valence-electron chi connectivity index (χ4n) is 2.24. The van der Waals surface area contributed by atoms with Gasteiger partial charge in [-0.2, -0.15) is 0 Å². The van der Waals surface area contributed by atoms with Crippen molar-refractivity contribution in [3.8, 4) is 0 Å². The van der Waals surface area contributed by atoms with Crippen LogP contribution in [0.15, 0.2) is 18.2 Å².